The Hall–Kier alpha value is -1.40. The summed E-state index contributed by atoms with van der Waals surface area (Å²) >= 11 is 0. The third-order valence-electron chi connectivity index (χ3n) is 2.09. The Morgan fingerprint density at radius 3 is 2.71 bits per heavy atom. The van der Waals surface area contributed by atoms with E-state index in [2.05, 4.69) is 10.1 Å². The van der Waals surface area contributed by atoms with E-state index in [1.807, 2.05) is 0 Å². The summed E-state index contributed by atoms with van der Waals surface area (Å²) in [5.41, 5.74) is 1.23. The summed E-state index contributed by atoms with van der Waals surface area (Å²) in [6, 6.07) is 4.70. The molecular weight excluding hydrogens is 232 g/mol. The topological polar surface area (TPSA) is 61.7 Å². The molecule has 4 nitrogen and oxygen atoms in total. The predicted molar refractivity (Wildman–Crippen MR) is 59.4 cm³/mol. The first-order valence-corrected chi connectivity index (χ1v) is 5.11. The number of aliphatic hydroxyl groups is 2. The van der Waals surface area contributed by atoms with Crippen molar-refractivity contribution in [3.63, 3.8) is 0 Å². The highest BCUT2D eigenvalue weighted by Gasteiger charge is 2.10. The van der Waals surface area contributed by atoms with Gasteiger partial charge in [-0.2, -0.15) is 8.78 Å². The van der Waals surface area contributed by atoms with E-state index in [-0.39, 0.29) is 12.3 Å². The van der Waals surface area contributed by atoms with E-state index in [4.69, 9.17) is 10.2 Å². The summed E-state index contributed by atoms with van der Waals surface area (Å²) < 4.78 is 28.6. The molecule has 0 radical (unpaired) electrons. The maximum atomic E-state index is 12.1. The second-order valence-corrected chi connectivity index (χ2v) is 3.60. The molecule has 0 amide bonds. The van der Waals surface area contributed by atoms with Gasteiger partial charge in [0.05, 0.1) is 18.4 Å². The van der Waals surface area contributed by atoms with Crippen molar-refractivity contribution in [2.24, 2.45) is 0 Å². The Balaban J connectivity index is 2.76. The SMILES string of the molecule is Cc1ccc(OC(F)F)c(NCC(O)CO)c1. The molecule has 0 saturated heterocycles. The van der Waals surface area contributed by atoms with E-state index in [1.54, 1.807) is 19.1 Å². The molecular formula is C11H15F2NO3. The van der Waals surface area contributed by atoms with Gasteiger partial charge in [0.1, 0.15) is 5.75 Å². The minimum absolute atomic E-state index is 0.00994. The average molecular weight is 247 g/mol. The number of aryl methyl sites for hydroxylation is 1. The molecule has 6 heteroatoms. The maximum Gasteiger partial charge on any atom is 0.387 e. The monoisotopic (exact) mass is 247 g/mol. The van der Waals surface area contributed by atoms with E-state index in [0.29, 0.717) is 5.69 Å². The van der Waals surface area contributed by atoms with Crippen molar-refractivity contribution in [2.45, 2.75) is 19.6 Å². The van der Waals surface area contributed by atoms with Gasteiger partial charge in [0, 0.05) is 6.54 Å². The number of rotatable bonds is 6. The highest BCUT2D eigenvalue weighted by atomic mass is 19.3. The normalized spacial score (nSPS) is 12.6. The molecule has 1 rings (SSSR count). The van der Waals surface area contributed by atoms with Crippen LogP contribution in [0.4, 0.5) is 14.5 Å². The van der Waals surface area contributed by atoms with Gasteiger partial charge in [-0.15, -0.1) is 0 Å². The Kier molecular flexibility index (Phi) is 5.11. The van der Waals surface area contributed by atoms with Gasteiger partial charge in [0.2, 0.25) is 0 Å². The predicted octanol–water partition coefficient (Wildman–Crippen LogP) is 1.36. The number of halogens is 2. The summed E-state index contributed by atoms with van der Waals surface area (Å²) in [4.78, 5) is 0. The summed E-state index contributed by atoms with van der Waals surface area (Å²) in [5.74, 6) is 0.00994. The summed E-state index contributed by atoms with van der Waals surface area (Å²) in [5, 5.41) is 20.5. The molecule has 0 saturated carbocycles. The molecule has 96 valence electrons. The molecule has 0 aliphatic carbocycles. The molecule has 0 fully saturated rings. The standard InChI is InChI=1S/C11H15F2NO3/c1-7-2-3-10(17-11(12)13)9(4-7)14-5-8(16)6-15/h2-4,8,11,14-16H,5-6H2,1H3. The fourth-order valence-electron chi connectivity index (χ4n) is 1.27. The number of ether oxygens (including phenoxy) is 1. The van der Waals surface area contributed by atoms with Gasteiger partial charge in [0.15, 0.2) is 0 Å². The lowest BCUT2D eigenvalue weighted by atomic mass is 10.2. The van der Waals surface area contributed by atoms with E-state index in [9.17, 15) is 8.78 Å². The van der Waals surface area contributed by atoms with Crippen molar-refractivity contribution >= 4 is 5.69 Å². The molecule has 1 aromatic rings. The molecule has 0 aromatic heterocycles. The molecule has 0 bridgehead atoms. The van der Waals surface area contributed by atoms with Crippen molar-refractivity contribution < 1.29 is 23.7 Å². The minimum Gasteiger partial charge on any atom is -0.433 e. The van der Waals surface area contributed by atoms with Gasteiger partial charge in [-0.05, 0) is 24.6 Å². The highest BCUT2D eigenvalue weighted by molar-refractivity contribution is 5.58. The number of alkyl halides is 2. The molecule has 0 spiro atoms. The van der Waals surface area contributed by atoms with Crippen LogP contribution in [-0.2, 0) is 0 Å². The molecule has 0 heterocycles. The van der Waals surface area contributed by atoms with E-state index < -0.39 is 19.3 Å². The lowest BCUT2D eigenvalue weighted by Crippen LogP contribution is -2.23. The van der Waals surface area contributed by atoms with Gasteiger partial charge < -0.3 is 20.3 Å². The van der Waals surface area contributed by atoms with Gasteiger partial charge >= 0.3 is 6.61 Å². The van der Waals surface area contributed by atoms with Crippen molar-refractivity contribution in [1.82, 2.24) is 0 Å². The molecule has 0 aliphatic heterocycles. The van der Waals surface area contributed by atoms with Crippen LogP contribution in [0.3, 0.4) is 0 Å². The van der Waals surface area contributed by atoms with Crippen LogP contribution in [0.2, 0.25) is 0 Å². The summed E-state index contributed by atoms with van der Waals surface area (Å²) in [7, 11) is 0. The Labute approximate surface area is 97.8 Å². The van der Waals surface area contributed by atoms with Crippen LogP contribution in [0, 0.1) is 6.92 Å². The number of anilines is 1. The molecule has 1 aromatic carbocycles. The van der Waals surface area contributed by atoms with Crippen molar-refractivity contribution in [3.8, 4) is 5.75 Å². The Morgan fingerprint density at radius 1 is 1.41 bits per heavy atom. The van der Waals surface area contributed by atoms with Crippen LogP contribution >= 0.6 is 0 Å². The summed E-state index contributed by atoms with van der Waals surface area (Å²) in [6.07, 6.45) is -0.949. The number of hydrogen-bond donors (Lipinski definition) is 3. The van der Waals surface area contributed by atoms with Crippen LogP contribution in [0.25, 0.3) is 0 Å². The second-order valence-electron chi connectivity index (χ2n) is 3.60. The fourth-order valence-corrected chi connectivity index (χ4v) is 1.27. The van der Waals surface area contributed by atoms with Crippen LogP contribution in [0.5, 0.6) is 5.75 Å². The van der Waals surface area contributed by atoms with Crippen molar-refractivity contribution in [3.05, 3.63) is 23.8 Å². The van der Waals surface area contributed by atoms with Gasteiger partial charge in [-0.25, -0.2) is 0 Å². The first kappa shape index (κ1) is 13.7. The number of nitrogens with one attached hydrogen (secondary N) is 1. The zero-order valence-electron chi connectivity index (χ0n) is 9.36. The lowest BCUT2D eigenvalue weighted by molar-refractivity contribution is -0.0493. The minimum atomic E-state index is -2.90. The van der Waals surface area contributed by atoms with E-state index >= 15 is 0 Å². The zero-order valence-corrected chi connectivity index (χ0v) is 9.36. The van der Waals surface area contributed by atoms with Gasteiger partial charge in [-0.3, -0.25) is 0 Å². The van der Waals surface area contributed by atoms with E-state index in [1.165, 1.54) is 6.07 Å². The largest absolute Gasteiger partial charge is 0.433 e. The van der Waals surface area contributed by atoms with Crippen LogP contribution < -0.4 is 10.1 Å². The molecule has 1 atom stereocenters. The zero-order chi connectivity index (χ0) is 12.8. The quantitative estimate of drug-likeness (QED) is 0.710. The lowest BCUT2D eigenvalue weighted by Gasteiger charge is -2.15. The average Bonchev–Trinajstić information content (AvgIpc) is 2.28. The third kappa shape index (κ3) is 4.54. The van der Waals surface area contributed by atoms with Crippen LogP contribution in [0.15, 0.2) is 18.2 Å². The molecule has 17 heavy (non-hydrogen) atoms. The first-order chi connectivity index (χ1) is 8.02. The Bertz CT molecular complexity index is 361. The molecule has 3 N–H and O–H groups in total. The highest BCUT2D eigenvalue weighted by Crippen LogP contribution is 2.27. The van der Waals surface area contributed by atoms with Gasteiger partial charge in [0.25, 0.3) is 0 Å². The smallest absolute Gasteiger partial charge is 0.387 e. The first-order valence-electron chi connectivity index (χ1n) is 5.11. The number of benzene rings is 1. The second kappa shape index (κ2) is 6.36. The van der Waals surface area contributed by atoms with Gasteiger partial charge in [-0.1, -0.05) is 6.07 Å². The van der Waals surface area contributed by atoms with Crippen molar-refractivity contribution in [2.75, 3.05) is 18.5 Å². The number of hydrogen-bond acceptors (Lipinski definition) is 4. The molecule has 1 unspecified atom stereocenters. The third-order valence-corrected chi connectivity index (χ3v) is 2.09. The Morgan fingerprint density at radius 2 is 2.12 bits per heavy atom. The van der Waals surface area contributed by atoms with Crippen molar-refractivity contribution in [1.29, 1.82) is 0 Å². The molecule has 0 aliphatic rings. The number of aliphatic hydroxyl groups excluding tert-OH is 2. The summed E-state index contributed by atoms with van der Waals surface area (Å²) in [6.45, 7) is -1.44. The van der Waals surface area contributed by atoms with E-state index in [0.717, 1.165) is 5.56 Å². The fraction of sp³-hybridized carbons (Fsp3) is 0.455. The van der Waals surface area contributed by atoms with Crippen LogP contribution in [-0.4, -0.2) is 36.1 Å². The van der Waals surface area contributed by atoms with Crippen LogP contribution in [0.1, 0.15) is 5.56 Å². The maximum absolute atomic E-state index is 12.1.